The largest absolute Gasteiger partial charge is 0.479 e. The topological polar surface area (TPSA) is 76.7 Å². The highest BCUT2D eigenvalue weighted by molar-refractivity contribution is 5.93. The van der Waals surface area contributed by atoms with Crippen molar-refractivity contribution in [3.8, 4) is 16.9 Å². The van der Waals surface area contributed by atoms with Gasteiger partial charge in [-0.1, -0.05) is 30.3 Å². The number of carbonyl (C=O) groups is 1. The van der Waals surface area contributed by atoms with E-state index in [1.165, 1.54) is 19.1 Å². The van der Waals surface area contributed by atoms with E-state index in [1.54, 1.807) is 12.1 Å². The minimum atomic E-state index is -1.07. The molecule has 2 aromatic carbocycles. The Morgan fingerprint density at radius 2 is 1.87 bits per heavy atom. The number of fused-ring (bicyclic) bond motifs is 1. The first-order valence-corrected chi connectivity index (χ1v) is 7.07. The summed E-state index contributed by atoms with van der Waals surface area (Å²) in [5.74, 6) is -0.731. The van der Waals surface area contributed by atoms with Crippen molar-refractivity contribution in [2.75, 3.05) is 0 Å². The molecule has 0 aliphatic carbocycles. The predicted octanol–water partition coefficient (Wildman–Crippen LogP) is 3.31. The summed E-state index contributed by atoms with van der Waals surface area (Å²) in [6.45, 7) is 1.43. The number of hydrogen-bond acceptors (Lipinski definition) is 4. The number of carboxylic acids is 1. The van der Waals surface area contributed by atoms with Crippen LogP contribution in [0.4, 0.5) is 0 Å². The van der Waals surface area contributed by atoms with Gasteiger partial charge in [-0.2, -0.15) is 0 Å². The highest BCUT2D eigenvalue weighted by atomic mass is 16.5. The summed E-state index contributed by atoms with van der Waals surface area (Å²) >= 11 is 0. The molecule has 0 bridgehead atoms. The Kier molecular flexibility index (Phi) is 3.85. The quantitative estimate of drug-likeness (QED) is 0.748. The fourth-order valence-corrected chi connectivity index (χ4v) is 2.33. The predicted molar refractivity (Wildman–Crippen MR) is 85.6 cm³/mol. The van der Waals surface area contributed by atoms with E-state index in [1.807, 2.05) is 30.3 Å². The lowest BCUT2D eigenvalue weighted by Gasteiger charge is -2.11. The van der Waals surface area contributed by atoms with E-state index in [9.17, 15) is 9.59 Å². The average Bonchev–Trinajstić information content (AvgIpc) is 2.54. The van der Waals surface area contributed by atoms with Crippen LogP contribution in [-0.2, 0) is 4.79 Å². The van der Waals surface area contributed by atoms with Crippen LogP contribution in [0.5, 0.6) is 5.75 Å². The second-order valence-electron chi connectivity index (χ2n) is 5.10. The van der Waals surface area contributed by atoms with Gasteiger partial charge in [0.25, 0.3) is 0 Å². The maximum atomic E-state index is 11.8. The Labute approximate surface area is 131 Å². The smallest absolute Gasteiger partial charge is 0.344 e. The van der Waals surface area contributed by atoms with E-state index in [2.05, 4.69) is 0 Å². The molecule has 0 amide bonds. The first kappa shape index (κ1) is 14.8. The van der Waals surface area contributed by atoms with Crippen LogP contribution in [-0.4, -0.2) is 17.2 Å². The molecule has 3 rings (SSSR count). The third-order valence-corrected chi connectivity index (χ3v) is 3.46. The molecule has 0 fully saturated rings. The lowest BCUT2D eigenvalue weighted by molar-refractivity contribution is -0.144. The molecule has 0 spiro atoms. The molecule has 5 nitrogen and oxygen atoms in total. The van der Waals surface area contributed by atoms with Crippen LogP contribution in [0.2, 0.25) is 0 Å². The van der Waals surface area contributed by atoms with Gasteiger partial charge < -0.3 is 14.3 Å². The summed E-state index contributed by atoms with van der Waals surface area (Å²) in [4.78, 5) is 22.7. The summed E-state index contributed by atoms with van der Waals surface area (Å²) in [6, 6.07) is 15.9. The lowest BCUT2D eigenvalue weighted by atomic mass is 10.0. The van der Waals surface area contributed by atoms with Gasteiger partial charge >= 0.3 is 11.6 Å². The Morgan fingerprint density at radius 3 is 2.57 bits per heavy atom. The molecule has 0 aliphatic heterocycles. The number of rotatable bonds is 4. The molecule has 5 heteroatoms. The van der Waals surface area contributed by atoms with E-state index in [0.717, 1.165) is 16.5 Å². The Balaban J connectivity index is 2.11. The summed E-state index contributed by atoms with van der Waals surface area (Å²) in [7, 11) is 0. The van der Waals surface area contributed by atoms with E-state index < -0.39 is 17.7 Å². The second-order valence-corrected chi connectivity index (χ2v) is 5.10. The molecule has 1 aromatic heterocycles. The van der Waals surface area contributed by atoms with Crippen molar-refractivity contribution in [3.05, 3.63) is 65.0 Å². The van der Waals surface area contributed by atoms with Crippen molar-refractivity contribution in [3.63, 3.8) is 0 Å². The molecule has 0 aliphatic rings. The SMILES string of the molecule is C[C@@H](Oc1ccc2c(-c3ccccc3)cc(=O)oc2c1)C(=O)O. The van der Waals surface area contributed by atoms with Gasteiger partial charge in [-0.15, -0.1) is 0 Å². The number of hydrogen-bond donors (Lipinski definition) is 1. The van der Waals surface area contributed by atoms with Crippen LogP contribution >= 0.6 is 0 Å². The van der Waals surface area contributed by atoms with Crippen molar-refractivity contribution in [1.82, 2.24) is 0 Å². The molecule has 0 radical (unpaired) electrons. The first-order chi connectivity index (χ1) is 11.0. The monoisotopic (exact) mass is 310 g/mol. The van der Waals surface area contributed by atoms with Gasteiger partial charge in [-0.3, -0.25) is 0 Å². The maximum absolute atomic E-state index is 11.8. The van der Waals surface area contributed by atoms with Crippen LogP contribution in [0.25, 0.3) is 22.1 Å². The maximum Gasteiger partial charge on any atom is 0.344 e. The Bertz CT molecular complexity index is 912. The molecule has 23 heavy (non-hydrogen) atoms. The van der Waals surface area contributed by atoms with Crippen molar-refractivity contribution < 1.29 is 19.1 Å². The summed E-state index contributed by atoms with van der Waals surface area (Å²) in [5, 5.41) is 9.65. The molecule has 0 unspecified atom stereocenters. The van der Waals surface area contributed by atoms with Gasteiger partial charge in [-0.25, -0.2) is 9.59 Å². The third kappa shape index (κ3) is 3.08. The van der Waals surface area contributed by atoms with Gasteiger partial charge in [-0.05, 0) is 30.2 Å². The fraction of sp³-hybridized carbons (Fsp3) is 0.111. The average molecular weight is 310 g/mol. The standard InChI is InChI=1S/C18H14O5/c1-11(18(20)21)22-13-7-8-14-15(12-5-3-2-4-6-12)10-17(19)23-16(14)9-13/h2-11H,1H3,(H,20,21)/t11-/m1/s1. The number of aliphatic carboxylic acids is 1. The molecule has 0 saturated heterocycles. The zero-order valence-electron chi connectivity index (χ0n) is 12.4. The van der Waals surface area contributed by atoms with Gasteiger partial charge in [0.15, 0.2) is 6.10 Å². The minimum absolute atomic E-state index is 0.334. The highest BCUT2D eigenvalue weighted by Crippen LogP contribution is 2.29. The molecule has 116 valence electrons. The van der Waals surface area contributed by atoms with Gasteiger partial charge in [0.1, 0.15) is 11.3 Å². The van der Waals surface area contributed by atoms with Crippen molar-refractivity contribution in [2.45, 2.75) is 13.0 Å². The van der Waals surface area contributed by atoms with Crippen LogP contribution in [0.1, 0.15) is 6.92 Å². The highest BCUT2D eigenvalue weighted by Gasteiger charge is 2.14. The minimum Gasteiger partial charge on any atom is -0.479 e. The fourth-order valence-electron chi connectivity index (χ4n) is 2.33. The number of ether oxygens (including phenoxy) is 1. The van der Waals surface area contributed by atoms with Crippen LogP contribution in [0.3, 0.4) is 0 Å². The summed E-state index contributed by atoms with van der Waals surface area (Å²) in [6.07, 6.45) is -0.989. The Morgan fingerprint density at radius 1 is 1.13 bits per heavy atom. The van der Waals surface area contributed by atoms with Crippen molar-refractivity contribution >= 4 is 16.9 Å². The molecular formula is C18H14O5. The third-order valence-electron chi connectivity index (χ3n) is 3.46. The number of benzene rings is 2. The zero-order chi connectivity index (χ0) is 16.4. The Hall–Kier alpha value is -3.08. The van der Waals surface area contributed by atoms with E-state index in [0.29, 0.717) is 11.3 Å². The zero-order valence-corrected chi connectivity index (χ0v) is 12.4. The molecule has 1 heterocycles. The molecule has 3 aromatic rings. The van der Waals surface area contributed by atoms with E-state index in [-0.39, 0.29) is 0 Å². The van der Waals surface area contributed by atoms with Gasteiger partial charge in [0.2, 0.25) is 0 Å². The summed E-state index contributed by atoms with van der Waals surface area (Å²) < 4.78 is 10.5. The van der Waals surface area contributed by atoms with Crippen LogP contribution in [0.15, 0.2) is 63.8 Å². The van der Waals surface area contributed by atoms with E-state index >= 15 is 0 Å². The molecule has 1 N–H and O–H groups in total. The van der Waals surface area contributed by atoms with Gasteiger partial charge in [0, 0.05) is 17.5 Å². The molecule has 0 saturated carbocycles. The van der Waals surface area contributed by atoms with Gasteiger partial charge in [0.05, 0.1) is 0 Å². The second kappa shape index (κ2) is 5.96. The van der Waals surface area contributed by atoms with Crippen molar-refractivity contribution in [2.24, 2.45) is 0 Å². The molecular weight excluding hydrogens is 296 g/mol. The number of carboxylic acid groups (broad SMARTS) is 1. The molecule has 1 atom stereocenters. The normalized spacial score (nSPS) is 12.0. The first-order valence-electron chi connectivity index (χ1n) is 7.07. The lowest BCUT2D eigenvalue weighted by Crippen LogP contribution is -2.22. The van der Waals surface area contributed by atoms with Crippen LogP contribution in [0, 0.1) is 0 Å². The van der Waals surface area contributed by atoms with E-state index in [4.69, 9.17) is 14.3 Å². The summed E-state index contributed by atoms with van der Waals surface area (Å²) in [5.41, 5.74) is 1.54. The van der Waals surface area contributed by atoms with Crippen LogP contribution < -0.4 is 10.4 Å². The van der Waals surface area contributed by atoms with Crippen molar-refractivity contribution in [1.29, 1.82) is 0 Å².